The molecule has 0 spiro atoms. The number of carboxylic acids is 1. The van der Waals surface area contributed by atoms with E-state index in [4.69, 9.17) is 10.8 Å². The minimum absolute atomic E-state index is 0.0214. The van der Waals surface area contributed by atoms with Crippen LogP contribution in [0, 0.1) is 11.3 Å². The third kappa shape index (κ3) is 6.57. The van der Waals surface area contributed by atoms with Gasteiger partial charge in [0.2, 0.25) is 5.91 Å². The first kappa shape index (κ1) is 17.9. The van der Waals surface area contributed by atoms with Gasteiger partial charge in [-0.15, -0.1) is 0 Å². The number of hydrogen-bond donors (Lipinski definition) is 2. The van der Waals surface area contributed by atoms with Gasteiger partial charge in [-0.1, -0.05) is 20.8 Å². The van der Waals surface area contributed by atoms with Crippen LogP contribution >= 0.6 is 0 Å². The van der Waals surface area contributed by atoms with Crippen LogP contribution in [0.5, 0.6) is 0 Å². The molecule has 3 N–H and O–H groups in total. The van der Waals surface area contributed by atoms with Crippen LogP contribution < -0.4 is 5.73 Å². The van der Waals surface area contributed by atoms with Crippen molar-refractivity contribution in [1.82, 2.24) is 4.90 Å². The molecular weight excluding hydrogens is 244 g/mol. The summed E-state index contributed by atoms with van der Waals surface area (Å²) in [6.45, 7) is 11.6. The number of nitrogens with zero attached hydrogens (tertiary/aromatic N) is 1. The predicted octanol–water partition coefficient (Wildman–Crippen LogP) is 1.71. The topological polar surface area (TPSA) is 83.6 Å². The lowest BCUT2D eigenvalue weighted by Gasteiger charge is -2.38. The van der Waals surface area contributed by atoms with Gasteiger partial charge in [-0.3, -0.25) is 9.59 Å². The summed E-state index contributed by atoms with van der Waals surface area (Å²) in [6, 6.07) is 0. The molecule has 1 amide bonds. The number of aliphatic carboxylic acids is 1. The maximum absolute atomic E-state index is 12.5. The molecule has 0 radical (unpaired) electrons. The lowest BCUT2D eigenvalue weighted by Crippen LogP contribution is -2.52. The average molecular weight is 272 g/mol. The van der Waals surface area contributed by atoms with E-state index in [0.29, 0.717) is 6.42 Å². The van der Waals surface area contributed by atoms with Gasteiger partial charge in [0.15, 0.2) is 0 Å². The van der Waals surface area contributed by atoms with Gasteiger partial charge in [0.05, 0.1) is 5.92 Å². The van der Waals surface area contributed by atoms with E-state index in [9.17, 15) is 9.59 Å². The maximum Gasteiger partial charge on any atom is 0.323 e. The van der Waals surface area contributed by atoms with Gasteiger partial charge in [0.25, 0.3) is 0 Å². The zero-order valence-corrected chi connectivity index (χ0v) is 13.0. The Balaban J connectivity index is 5.10. The number of carbonyl (C=O) groups excluding carboxylic acids is 1. The van der Waals surface area contributed by atoms with Crippen LogP contribution in [0.2, 0.25) is 0 Å². The molecule has 112 valence electrons. The van der Waals surface area contributed by atoms with E-state index in [2.05, 4.69) is 0 Å². The summed E-state index contributed by atoms with van der Waals surface area (Å²) in [5.74, 6) is -1.51. The summed E-state index contributed by atoms with van der Waals surface area (Å²) >= 11 is 0. The Morgan fingerprint density at radius 1 is 1.16 bits per heavy atom. The average Bonchev–Trinajstić information content (AvgIpc) is 2.18. The minimum atomic E-state index is -1.00. The van der Waals surface area contributed by atoms with E-state index in [-0.39, 0.29) is 30.3 Å². The molecule has 5 nitrogen and oxygen atoms in total. The molecule has 0 aliphatic carbocycles. The summed E-state index contributed by atoms with van der Waals surface area (Å²) < 4.78 is 0. The Bertz CT molecular complexity index is 327. The van der Waals surface area contributed by atoms with E-state index < -0.39 is 11.5 Å². The molecule has 1 atom stereocenters. The largest absolute Gasteiger partial charge is 0.480 e. The maximum atomic E-state index is 12.5. The molecule has 0 saturated heterocycles. The van der Waals surface area contributed by atoms with Gasteiger partial charge >= 0.3 is 5.97 Å². The number of amides is 1. The molecule has 0 aliphatic rings. The first-order valence-electron chi connectivity index (χ1n) is 6.62. The summed E-state index contributed by atoms with van der Waals surface area (Å²) in [6.07, 6.45) is 0.647. The Kier molecular flexibility index (Phi) is 6.00. The summed E-state index contributed by atoms with van der Waals surface area (Å²) in [7, 11) is 0. The quantitative estimate of drug-likeness (QED) is 0.798. The van der Waals surface area contributed by atoms with Gasteiger partial charge in [-0.2, -0.15) is 0 Å². The smallest absolute Gasteiger partial charge is 0.323 e. The second-order valence-electron chi connectivity index (χ2n) is 7.19. The Morgan fingerprint density at radius 3 is 1.89 bits per heavy atom. The Hall–Kier alpha value is -1.10. The molecule has 0 aliphatic heterocycles. The Labute approximate surface area is 116 Å². The highest BCUT2D eigenvalue weighted by Gasteiger charge is 2.34. The fraction of sp³-hybridized carbons (Fsp3) is 0.857. The molecule has 0 rings (SSSR count). The summed E-state index contributed by atoms with van der Waals surface area (Å²) in [5, 5.41) is 8.96. The van der Waals surface area contributed by atoms with Crippen molar-refractivity contribution < 1.29 is 14.7 Å². The van der Waals surface area contributed by atoms with Crippen molar-refractivity contribution in [2.45, 2.75) is 53.5 Å². The lowest BCUT2D eigenvalue weighted by molar-refractivity contribution is -0.151. The molecular formula is C14H28N2O3. The van der Waals surface area contributed by atoms with Crippen molar-refractivity contribution in [3.05, 3.63) is 0 Å². The van der Waals surface area contributed by atoms with E-state index in [1.165, 1.54) is 4.90 Å². The van der Waals surface area contributed by atoms with Crippen LogP contribution in [0.25, 0.3) is 0 Å². The van der Waals surface area contributed by atoms with Crippen LogP contribution in [0.1, 0.15) is 48.0 Å². The second-order valence-corrected chi connectivity index (χ2v) is 7.19. The molecule has 19 heavy (non-hydrogen) atoms. The first-order valence-corrected chi connectivity index (χ1v) is 6.62. The fourth-order valence-corrected chi connectivity index (χ4v) is 2.01. The fourth-order valence-electron chi connectivity index (χ4n) is 2.01. The van der Waals surface area contributed by atoms with Crippen LogP contribution in [0.3, 0.4) is 0 Å². The third-order valence-corrected chi connectivity index (χ3v) is 2.86. The van der Waals surface area contributed by atoms with Gasteiger partial charge in [-0.05, 0) is 32.6 Å². The second kappa shape index (κ2) is 6.37. The van der Waals surface area contributed by atoms with E-state index in [1.54, 1.807) is 0 Å². The molecule has 0 heterocycles. The summed E-state index contributed by atoms with van der Waals surface area (Å²) in [5.41, 5.74) is 5.15. The first-order chi connectivity index (χ1) is 8.38. The van der Waals surface area contributed by atoms with Gasteiger partial charge in [-0.25, -0.2) is 0 Å². The van der Waals surface area contributed by atoms with Crippen molar-refractivity contribution in [1.29, 1.82) is 0 Å². The van der Waals surface area contributed by atoms with Crippen molar-refractivity contribution in [2.75, 3.05) is 13.1 Å². The number of hydrogen-bond acceptors (Lipinski definition) is 3. The van der Waals surface area contributed by atoms with E-state index in [0.717, 1.165) is 0 Å². The summed E-state index contributed by atoms with van der Waals surface area (Å²) in [4.78, 5) is 24.9. The van der Waals surface area contributed by atoms with Crippen LogP contribution in [-0.4, -0.2) is 40.5 Å². The van der Waals surface area contributed by atoms with Crippen molar-refractivity contribution in [3.8, 4) is 0 Å². The number of rotatable bonds is 5. The van der Waals surface area contributed by atoms with Crippen LogP contribution in [0.15, 0.2) is 0 Å². The Morgan fingerprint density at radius 2 is 1.63 bits per heavy atom. The van der Waals surface area contributed by atoms with Gasteiger partial charge < -0.3 is 15.7 Å². The normalized spacial score (nSPS) is 14.1. The van der Waals surface area contributed by atoms with Crippen molar-refractivity contribution in [3.63, 3.8) is 0 Å². The molecule has 0 aromatic rings. The molecule has 0 fully saturated rings. The van der Waals surface area contributed by atoms with Gasteiger partial charge in [0.1, 0.15) is 6.54 Å². The number of carbonyl (C=O) groups is 2. The number of nitrogens with two attached hydrogens (primary N) is 1. The highest BCUT2D eigenvalue weighted by atomic mass is 16.4. The van der Waals surface area contributed by atoms with E-state index in [1.807, 2.05) is 41.5 Å². The highest BCUT2D eigenvalue weighted by molar-refractivity contribution is 5.84. The van der Waals surface area contributed by atoms with E-state index >= 15 is 0 Å². The molecule has 5 heteroatoms. The highest BCUT2D eigenvalue weighted by Crippen LogP contribution is 2.27. The zero-order chi connectivity index (χ0) is 15.4. The van der Waals surface area contributed by atoms with Crippen LogP contribution in [0.4, 0.5) is 0 Å². The number of carboxylic acid groups (broad SMARTS) is 1. The molecule has 1 unspecified atom stereocenters. The standard InChI is InChI=1S/C14H28N2O3/c1-13(2,3)7-10(8-15)12(19)16(9-11(17)18)14(4,5)6/h10H,7-9,15H2,1-6H3,(H,17,18). The molecule has 0 saturated carbocycles. The predicted molar refractivity (Wildman–Crippen MR) is 75.7 cm³/mol. The third-order valence-electron chi connectivity index (χ3n) is 2.86. The van der Waals surface area contributed by atoms with Gasteiger partial charge in [0, 0.05) is 12.1 Å². The molecule has 0 aromatic heterocycles. The molecule has 0 bridgehead atoms. The SMILES string of the molecule is CC(C)(C)CC(CN)C(=O)N(CC(=O)O)C(C)(C)C. The lowest BCUT2D eigenvalue weighted by atomic mass is 9.83. The monoisotopic (exact) mass is 272 g/mol. The van der Waals surface area contributed by atoms with Crippen LogP contribution in [-0.2, 0) is 9.59 Å². The molecule has 0 aromatic carbocycles. The van der Waals surface area contributed by atoms with Crippen molar-refractivity contribution >= 4 is 11.9 Å². The zero-order valence-electron chi connectivity index (χ0n) is 13.0. The minimum Gasteiger partial charge on any atom is -0.480 e. The van der Waals surface area contributed by atoms with Crippen molar-refractivity contribution in [2.24, 2.45) is 17.1 Å².